The third-order valence-electron chi connectivity index (χ3n) is 4.38. The lowest BCUT2D eigenvalue weighted by atomic mass is 10.1. The van der Waals surface area contributed by atoms with Crippen LogP contribution < -0.4 is 14.8 Å². The van der Waals surface area contributed by atoms with Gasteiger partial charge in [0.05, 0.1) is 17.2 Å². The topological polar surface area (TPSA) is 30.5 Å². The highest BCUT2D eigenvalue weighted by molar-refractivity contribution is 6.37. The van der Waals surface area contributed by atoms with Crippen molar-refractivity contribution in [2.75, 3.05) is 13.7 Å². The van der Waals surface area contributed by atoms with Crippen molar-refractivity contribution in [2.24, 2.45) is 0 Å². The molecule has 3 aromatic rings. The Morgan fingerprint density at radius 1 is 0.862 bits per heavy atom. The molecule has 0 aliphatic rings. The van der Waals surface area contributed by atoms with Gasteiger partial charge in [0.2, 0.25) is 0 Å². The molecule has 29 heavy (non-hydrogen) atoms. The summed E-state index contributed by atoms with van der Waals surface area (Å²) >= 11 is 12.8. The smallest absolute Gasteiger partial charge is 0.156 e. The van der Waals surface area contributed by atoms with Crippen LogP contribution in [0.3, 0.4) is 0 Å². The van der Waals surface area contributed by atoms with Crippen molar-refractivity contribution in [2.45, 2.75) is 19.6 Å². The molecule has 0 unspecified atom stereocenters. The van der Waals surface area contributed by atoms with Gasteiger partial charge in [0.25, 0.3) is 0 Å². The minimum Gasteiger partial charge on any atom is -0.496 e. The fraction of sp³-hybridized carbons (Fsp3) is 0.217. The molecule has 0 aliphatic carbocycles. The van der Waals surface area contributed by atoms with E-state index in [1.807, 2.05) is 60.7 Å². The van der Waals surface area contributed by atoms with E-state index in [-0.39, 0.29) is 12.4 Å². The van der Waals surface area contributed by atoms with Crippen LogP contribution in [-0.4, -0.2) is 13.7 Å². The molecule has 3 nitrogen and oxygen atoms in total. The Morgan fingerprint density at radius 3 is 2.21 bits per heavy atom. The van der Waals surface area contributed by atoms with Gasteiger partial charge in [-0.15, -0.1) is 12.4 Å². The van der Waals surface area contributed by atoms with Crippen LogP contribution in [0.25, 0.3) is 0 Å². The molecule has 3 rings (SSSR count). The molecule has 3 aromatic carbocycles. The zero-order valence-corrected chi connectivity index (χ0v) is 18.5. The molecule has 0 radical (unpaired) electrons. The van der Waals surface area contributed by atoms with E-state index in [0.717, 1.165) is 29.8 Å². The molecule has 0 bridgehead atoms. The van der Waals surface area contributed by atoms with Gasteiger partial charge in [0, 0.05) is 6.54 Å². The molecule has 0 spiro atoms. The Hall–Kier alpha value is -1.91. The highest BCUT2D eigenvalue weighted by Crippen LogP contribution is 2.34. The molecule has 0 aromatic heterocycles. The van der Waals surface area contributed by atoms with Crippen molar-refractivity contribution < 1.29 is 9.47 Å². The van der Waals surface area contributed by atoms with E-state index in [2.05, 4.69) is 11.4 Å². The Morgan fingerprint density at radius 2 is 1.52 bits per heavy atom. The van der Waals surface area contributed by atoms with E-state index in [1.165, 1.54) is 5.56 Å². The number of benzene rings is 3. The zero-order chi connectivity index (χ0) is 19.8. The Labute approximate surface area is 188 Å². The maximum Gasteiger partial charge on any atom is 0.156 e. The van der Waals surface area contributed by atoms with Crippen molar-refractivity contribution in [1.29, 1.82) is 0 Å². The summed E-state index contributed by atoms with van der Waals surface area (Å²) in [4.78, 5) is 0. The number of nitrogens with one attached hydrogen (secondary N) is 1. The van der Waals surface area contributed by atoms with Gasteiger partial charge < -0.3 is 14.8 Å². The quantitative estimate of drug-likeness (QED) is 0.384. The lowest BCUT2D eigenvalue weighted by Crippen LogP contribution is -2.17. The van der Waals surface area contributed by atoms with Gasteiger partial charge in [-0.1, -0.05) is 71.7 Å². The summed E-state index contributed by atoms with van der Waals surface area (Å²) in [6, 6.07) is 21.8. The van der Waals surface area contributed by atoms with E-state index in [0.29, 0.717) is 28.9 Å². The van der Waals surface area contributed by atoms with Gasteiger partial charge >= 0.3 is 0 Å². The predicted molar refractivity (Wildman–Crippen MR) is 123 cm³/mol. The molecule has 154 valence electrons. The van der Waals surface area contributed by atoms with Crippen molar-refractivity contribution in [1.82, 2.24) is 5.32 Å². The number of ether oxygens (including phenoxy) is 2. The summed E-state index contributed by atoms with van der Waals surface area (Å²) < 4.78 is 11.2. The SMILES string of the molecule is COc1ccccc1CCNCc1cc(Cl)c(OCc2ccccc2)c(Cl)c1.Cl. The summed E-state index contributed by atoms with van der Waals surface area (Å²) in [5.74, 6) is 1.43. The third-order valence-corrected chi connectivity index (χ3v) is 4.94. The number of para-hydroxylation sites is 1. The highest BCUT2D eigenvalue weighted by Gasteiger charge is 2.10. The number of methoxy groups -OCH3 is 1. The van der Waals surface area contributed by atoms with Crippen molar-refractivity contribution in [3.05, 3.63) is 93.5 Å². The molecule has 0 atom stereocenters. The fourth-order valence-corrected chi connectivity index (χ4v) is 3.59. The Kier molecular flexibility index (Phi) is 9.62. The van der Waals surface area contributed by atoms with E-state index < -0.39 is 0 Å². The number of rotatable bonds is 9. The second-order valence-electron chi connectivity index (χ2n) is 6.40. The maximum absolute atomic E-state index is 6.40. The standard InChI is InChI=1S/C23H23Cl2NO2.ClH/c1-27-22-10-6-5-9-19(22)11-12-26-15-18-13-20(24)23(21(25)14-18)28-16-17-7-3-2-4-8-17;/h2-10,13-14,26H,11-12,15-16H2,1H3;1H. The summed E-state index contributed by atoms with van der Waals surface area (Å²) in [6.07, 6.45) is 0.879. The van der Waals surface area contributed by atoms with Crippen LogP contribution in [0, 0.1) is 0 Å². The number of hydrogen-bond acceptors (Lipinski definition) is 3. The molecule has 0 aliphatic heterocycles. The first-order chi connectivity index (χ1) is 13.7. The van der Waals surface area contributed by atoms with Crippen molar-refractivity contribution in [3.8, 4) is 11.5 Å². The molecule has 0 amide bonds. The van der Waals surface area contributed by atoms with Crippen LogP contribution in [0.4, 0.5) is 0 Å². The fourth-order valence-electron chi connectivity index (χ4n) is 2.95. The van der Waals surface area contributed by atoms with Gasteiger partial charge in [-0.2, -0.15) is 0 Å². The molecule has 0 saturated heterocycles. The summed E-state index contributed by atoms with van der Waals surface area (Å²) in [6.45, 7) is 1.92. The van der Waals surface area contributed by atoms with Crippen LogP contribution in [0.5, 0.6) is 11.5 Å². The lowest BCUT2D eigenvalue weighted by Gasteiger charge is -2.13. The average Bonchev–Trinajstić information content (AvgIpc) is 2.71. The molecule has 0 saturated carbocycles. The van der Waals surface area contributed by atoms with Crippen LogP contribution in [0.2, 0.25) is 10.0 Å². The second-order valence-corrected chi connectivity index (χ2v) is 7.22. The van der Waals surface area contributed by atoms with Gasteiger partial charge in [-0.05, 0) is 47.9 Å². The normalized spacial score (nSPS) is 10.3. The van der Waals surface area contributed by atoms with Crippen molar-refractivity contribution in [3.63, 3.8) is 0 Å². The third kappa shape index (κ3) is 6.83. The Balaban J connectivity index is 0.00000300. The van der Waals surface area contributed by atoms with E-state index in [9.17, 15) is 0 Å². The first kappa shape index (κ1) is 23.4. The molecule has 1 N–H and O–H groups in total. The minimum atomic E-state index is 0. The molecule has 6 heteroatoms. The van der Waals surface area contributed by atoms with Crippen LogP contribution in [-0.2, 0) is 19.6 Å². The van der Waals surface area contributed by atoms with E-state index in [1.54, 1.807) is 7.11 Å². The highest BCUT2D eigenvalue weighted by atomic mass is 35.5. The minimum absolute atomic E-state index is 0. The first-order valence-corrected chi connectivity index (χ1v) is 9.90. The van der Waals surface area contributed by atoms with Crippen LogP contribution in [0.15, 0.2) is 66.7 Å². The van der Waals surface area contributed by atoms with Gasteiger partial charge in [-0.3, -0.25) is 0 Å². The predicted octanol–water partition coefficient (Wildman–Crippen LogP) is 6.34. The molecular formula is C23H24Cl3NO2. The van der Waals surface area contributed by atoms with Crippen LogP contribution >= 0.6 is 35.6 Å². The average molecular weight is 453 g/mol. The number of halogens is 3. The summed E-state index contributed by atoms with van der Waals surface area (Å²) in [7, 11) is 1.69. The maximum atomic E-state index is 6.40. The number of hydrogen-bond donors (Lipinski definition) is 1. The van der Waals surface area contributed by atoms with E-state index in [4.69, 9.17) is 32.7 Å². The monoisotopic (exact) mass is 451 g/mol. The van der Waals surface area contributed by atoms with Gasteiger partial charge in [0.1, 0.15) is 12.4 Å². The first-order valence-electron chi connectivity index (χ1n) is 9.14. The van der Waals surface area contributed by atoms with Gasteiger partial charge in [-0.25, -0.2) is 0 Å². The second kappa shape index (κ2) is 11.9. The molecular weight excluding hydrogens is 429 g/mol. The summed E-state index contributed by atoms with van der Waals surface area (Å²) in [5, 5.41) is 4.46. The zero-order valence-electron chi connectivity index (χ0n) is 16.2. The summed E-state index contributed by atoms with van der Waals surface area (Å²) in [5.41, 5.74) is 3.26. The van der Waals surface area contributed by atoms with E-state index >= 15 is 0 Å². The van der Waals surface area contributed by atoms with Crippen LogP contribution in [0.1, 0.15) is 16.7 Å². The molecule has 0 fully saturated rings. The Bertz CT molecular complexity index is 881. The molecule has 0 heterocycles. The largest absolute Gasteiger partial charge is 0.496 e. The lowest BCUT2D eigenvalue weighted by molar-refractivity contribution is 0.306. The van der Waals surface area contributed by atoms with Gasteiger partial charge in [0.15, 0.2) is 5.75 Å². The van der Waals surface area contributed by atoms with Crippen molar-refractivity contribution >= 4 is 35.6 Å².